The van der Waals surface area contributed by atoms with Crippen molar-refractivity contribution < 1.29 is 27.5 Å². The molecule has 1 saturated heterocycles. The molecule has 1 saturated carbocycles. The molecule has 2 fully saturated rings. The molecule has 1 N–H and O–H groups in total. The summed E-state index contributed by atoms with van der Waals surface area (Å²) in [6.07, 6.45) is 2.00. The topological polar surface area (TPSA) is 108 Å². The Kier molecular flexibility index (Phi) is 4.40. The molecule has 0 bridgehead atoms. The lowest BCUT2D eigenvalue weighted by molar-refractivity contribution is -0.142. The first kappa shape index (κ1) is 17.9. The molecule has 0 unspecified atom stereocenters. The fourth-order valence-corrected chi connectivity index (χ4v) is 4.49. The maximum Gasteiger partial charge on any atom is 0.308 e. The second-order valence-electron chi connectivity index (χ2n) is 6.97. The predicted molar refractivity (Wildman–Crippen MR) is 87.6 cm³/mol. The molecule has 0 radical (unpaired) electrons. The van der Waals surface area contributed by atoms with Gasteiger partial charge in [-0.05, 0) is 31.6 Å². The summed E-state index contributed by atoms with van der Waals surface area (Å²) in [5.74, 6) is -1.53. The first-order valence-electron chi connectivity index (χ1n) is 8.18. The third-order valence-corrected chi connectivity index (χ3v) is 6.96. The van der Waals surface area contributed by atoms with E-state index in [2.05, 4.69) is 0 Å². The lowest BCUT2D eigenvalue weighted by atomic mass is 9.92. The zero-order chi connectivity index (χ0) is 18.5. The van der Waals surface area contributed by atoms with E-state index in [9.17, 15) is 23.1 Å². The number of nitrogens with zero attached hydrogens (tertiary/aromatic N) is 2. The van der Waals surface area contributed by atoms with Gasteiger partial charge in [-0.3, -0.25) is 9.59 Å². The summed E-state index contributed by atoms with van der Waals surface area (Å²) in [5.41, 5.74) is 0. The monoisotopic (exact) mass is 370 g/mol. The molecule has 1 aliphatic carbocycles. The van der Waals surface area contributed by atoms with Gasteiger partial charge in [0.15, 0.2) is 5.76 Å². The molecule has 2 atom stereocenters. The van der Waals surface area contributed by atoms with Crippen LogP contribution in [0.4, 0.5) is 0 Å². The number of furan rings is 1. The summed E-state index contributed by atoms with van der Waals surface area (Å²) in [6, 6.07) is 1.23. The van der Waals surface area contributed by atoms with E-state index in [1.165, 1.54) is 32.0 Å². The van der Waals surface area contributed by atoms with Crippen LogP contribution in [0.2, 0.25) is 0 Å². The minimum absolute atomic E-state index is 0.0394. The molecule has 0 spiro atoms. The fourth-order valence-electron chi connectivity index (χ4n) is 3.44. The lowest BCUT2D eigenvalue weighted by Gasteiger charge is -2.14. The molecule has 8 nitrogen and oxygen atoms in total. The smallest absolute Gasteiger partial charge is 0.308 e. The van der Waals surface area contributed by atoms with Gasteiger partial charge in [-0.1, -0.05) is 0 Å². The zero-order valence-corrected chi connectivity index (χ0v) is 15.2. The van der Waals surface area contributed by atoms with Crippen LogP contribution >= 0.6 is 0 Å². The number of hydrogen-bond donors (Lipinski definition) is 1. The van der Waals surface area contributed by atoms with Crippen LogP contribution in [0.1, 0.15) is 29.2 Å². The molecule has 2 heterocycles. The molecule has 1 aliphatic heterocycles. The third-order valence-electron chi connectivity index (χ3n) is 5.04. The zero-order valence-electron chi connectivity index (χ0n) is 14.4. The molecule has 0 aromatic carbocycles. The quantitative estimate of drug-likeness (QED) is 0.829. The molecular formula is C16H22N2O6S. The maximum absolute atomic E-state index is 12.7. The first-order valence-corrected chi connectivity index (χ1v) is 9.62. The number of carbonyl (C=O) groups excluding carboxylic acids is 1. The number of likely N-dealkylation sites (tertiary alicyclic amines) is 1. The Morgan fingerprint density at radius 3 is 2.44 bits per heavy atom. The van der Waals surface area contributed by atoms with Gasteiger partial charge in [0.2, 0.25) is 10.0 Å². The number of hydrogen-bond acceptors (Lipinski definition) is 5. The highest BCUT2D eigenvalue weighted by atomic mass is 32.2. The maximum atomic E-state index is 12.7. The number of sulfonamides is 1. The summed E-state index contributed by atoms with van der Waals surface area (Å²) >= 11 is 0. The van der Waals surface area contributed by atoms with Gasteiger partial charge in [0.1, 0.15) is 10.7 Å². The molecule has 25 heavy (non-hydrogen) atoms. The van der Waals surface area contributed by atoms with E-state index >= 15 is 0 Å². The van der Waals surface area contributed by atoms with E-state index in [4.69, 9.17) is 4.42 Å². The molecule has 9 heteroatoms. The van der Waals surface area contributed by atoms with Crippen LogP contribution in [0.25, 0.3) is 0 Å². The van der Waals surface area contributed by atoms with E-state index in [1.54, 1.807) is 0 Å². The van der Waals surface area contributed by atoms with E-state index in [-0.39, 0.29) is 28.9 Å². The standard InChI is InChI=1S/C16H22N2O6S/c1-9-14(25(22,23)17(2)3)6-13(24-9)15(19)18-7-11(10-4-5-10)12(8-18)16(20)21/h6,10-12H,4-5,7-8H2,1-3H3,(H,20,21)/t11-,12+/m1/s1. The van der Waals surface area contributed by atoms with Gasteiger partial charge < -0.3 is 14.4 Å². The van der Waals surface area contributed by atoms with Crippen molar-refractivity contribution in [3.05, 3.63) is 17.6 Å². The van der Waals surface area contributed by atoms with Crippen molar-refractivity contribution in [2.75, 3.05) is 27.2 Å². The minimum Gasteiger partial charge on any atom is -0.481 e. The molecule has 1 aromatic rings. The fraction of sp³-hybridized carbons (Fsp3) is 0.625. The van der Waals surface area contributed by atoms with Crippen molar-refractivity contribution in [3.8, 4) is 0 Å². The van der Waals surface area contributed by atoms with Crippen LogP contribution in [0.15, 0.2) is 15.4 Å². The van der Waals surface area contributed by atoms with E-state index in [0.29, 0.717) is 12.5 Å². The van der Waals surface area contributed by atoms with E-state index in [0.717, 1.165) is 17.1 Å². The van der Waals surface area contributed by atoms with E-state index in [1.807, 2.05) is 0 Å². The Labute approximate surface area is 146 Å². The average Bonchev–Trinajstić information content (AvgIpc) is 3.14. The van der Waals surface area contributed by atoms with Gasteiger partial charge in [-0.25, -0.2) is 12.7 Å². The minimum atomic E-state index is -3.71. The van der Waals surface area contributed by atoms with Crippen LogP contribution in [-0.2, 0) is 14.8 Å². The van der Waals surface area contributed by atoms with Gasteiger partial charge in [-0.15, -0.1) is 0 Å². The van der Waals surface area contributed by atoms with Crippen LogP contribution in [0.5, 0.6) is 0 Å². The number of carboxylic acid groups (broad SMARTS) is 1. The van der Waals surface area contributed by atoms with Crippen molar-refractivity contribution in [3.63, 3.8) is 0 Å². The number of carboxylic acids is 1. The Morgan fingerprint density at radius 1 is 1.28 bits per heavy atom. The molecular weight excluding hydrogens is 348 g/mol. The van der Waals surface area contributed by atoms with Crippen molar-refractivity contribution in [2.24, 2.45) is 17.8 Å². The van der Waals surface area contributed by atoms with Crippen molar-refractivity contribution in [1.29, 1.82) is 0 Å². The number of aryl methyl sites for hydroxylation is 1. The second kappa shape index (κ2) is 6.14. The largest absolute Gasteiger partial charge is 0.481 e. The summed E-state index contributed by atoms with van der Waals surface area (Å²) in [6.45, 7) is 1.99. The van der Waals surface area contributed by atoms with Crippen LogP contribution in [0.3, 0.4) is 0 Å². The average molecular weight is 370 g/mol. The van der Waals surface area contributed by atoms with Crippen LogP contribution in [-0.4, -0.2) is 61.8 Å². The molecule has 3 rings (SSSR count). The highest BCUT2D eigenvalue weighted by Gasteiger charge is 2.47. The number of rotatable bonds is 5. The van der Waals surface area contributed by atoms with Crippen molar-refractivity contribution in [2.45, 2.75) is 24.7 Å². The number of amides is 1. The molecule has 138 valence electrons. The lowest BCUT2D eigenvalue weighted by Crippen LogP contribution is -2.29. The molecule has 1 amide bonds. The Balaban J connectivity index is 1.84. The van der Waals surface area contributed by atoms with Gasteiger partial charge >= 0.3 is 5.97 Å². The van der Waals surface area contributed by atoms with Crippen molar-refractivity contribution >= 4 is 21.9 Å². The summed E-state index contributed by atoms with van der Waals surface area (Å²) < 4.78 is 31.0. The highest BCUT2D eigenvalue weighted by molar-refractivity contribution is 7.89. The normalized spacial score (nSPS) is 24.1. The predicted octanol–water partition coefficient (Wildman–Crippen LogP) is 1.02. The van der Waals surface area contributed by atoms with Crippen LogP contribution < -0.4 is 0 Å². The Bertz CT molecular complexity index is 809. The highest BCUT2D eigenvalue weighted by Crippen LogP contribution is 2.44. The summed E-state index contributed by atoms with van der Waals surface area (Å²) in [5, 5.41) is 9.40. The second-order valence-corrected chi connectivity index (χ2v) is 9.09. The molecule has 1 aromatic heterocycles. The van der Waals surface area contributed by atoms with Gasteiger partial charge in [0.25, 0.3) is 5.91 Å². The number of carbonyl (C=O) groups is 2. The Hall–Kier alpha value is -1.87. The summed E-state index contributed by atoms with van der Waals surface area (Å²) in [7, 11) is -0.899. The Morgan fingerprint density at radius 2 is 1.92 bits per heavy atom. The van der Waals surface area contributed by atoms with Gasteiger partial charge in [-0.2, -0.15) is 0 Å². The summed E-state index contributed by atoms with van der Waals surface area (Å²) in [4.78, 5) is 25.6. The van der Waals surface area contributed by atoms with Crippen molar-refractivity contribution in [1.82, 2.24) is 9.21 Å². The number of aliphatic carboxylic acids is 1. The first-order chi connectivity index (χ1) is 11.6. The van der Waals surface area contributed by atoms with Gasteiger partial charge in [0.05, 0.1) is 5.92 Å². The van der Waals surface area contributed by atoms with E-state index < -0.39 is 27.8 Å². The third kappa shape index (κ3) is 3.18. The molecule has 2 aliphatic rings. The SMILES string of the molecule is Cc1oc(C(=O)N2C[C@H](C(=O)O)[C@@H](C3CC3)C2)cc1S(=O)(=O)N(C)C. The van der Waals surface area contributed by atoms with Gasteiger partial charge in [0, 0.05) is 33.3 Å². The van der Waals surface area contributed by atoms with Crippen LogP contribution in [0, 0.1) is 24.7 Å².